The minimum Gasteiger partial charge on any atom is -0.481 e. The fourth-order valence-corrected chi connectivity index (χ4v) is 4.36. The van der Waals surface area contributed by atoms with Gasteiger partial charge in [0.2, 0.25) is 29.5 Å². The maximum absolute atomic E-state index is 13.3. The number of guanidine groups is 1. The van der Waals surface area contributed by atoms with Crippen LogP contribution in [-0.4, -0.2) is 134 Å². The molecular formula is C29H49N9O14. The van der Waals surface area contributed by atoms with Crippen molar-refractivity contribution in [3.63, 3.8) is 0 Å². The number of carbonyl (C=O) groups is 9. The molecule has 6 atom stereocenters. The molecule has 0 saturated heterocycles. The SMILES string of the molecule is CC(C)C[C@H](NC(=O)[C@H](CCC(=O)O)NC(=O)[C@@H](N)CCCN=C(N)N)C(=O)N[C@@H](CO)C(=O)N[C@@H](CCC(=O)O)C(=O)N[C@@H](CC(=O)O)C(=O)O. The van der Waals surface area contributed by atoms with E-state index >= 15 is 0 Å². The van der Waals surface area contributed by atoms with Gasteiger partial charge in [0.1, 0.15) is 30.2 Å². The van der Waals surface area contributed by atoms with E-state index in [0.717, 1.165) is 0 Å². The lowest BCUT2D eigenvalue weighted by atomic mass is 10.0. The maximum atomic E-state index is 13.3. The molecule has 0 spiro atoms. The summed E-state index contributed by atoms with van der Waals surface area (Å²) in [6.45, 7) is 2.43. The zero-order valence-electron chi connectivity index (χ0n) is 28.7. The number of carbonyl (C=O) groups excluding carboxylic acids is 5. The molecule has 0 aliphatic carbocycles. The average molecular weight is 748 g/mol. The molecule has 0 fully saturated rings. The zero-order chi connectivity index (χ0) is 40.1. The monoisotopic (exact) mass is 747 g/mol. The van der Waals surface area contributed by atoms with E-state index in [1.165, 1.54) is 0 Å². The molecule has 0 aliphatic rings. The molecule has 0 rings (SSSR count). The number of hydrogen-bond donors (Lipinski definition) is 13. The van der Waals surface area contributed by atoms with E-state index < -0.39 is 128 Å². The van der Waals surface area contributed by atoms with Crippen molar-refractivity contribution in [2.45, 2.75) is 101 Å². The van der Waals surface area contributed by atoms with Crippen LogP contribution in [0.1, 0.15) is 65.2 Å². The quantitative estimate of drug-likeness (QED) is 0.0224. The van der Waals surface area contributed by atoms with Gasteiger partial charge in [-0.3, -0.25) is 43.3 Å². The number of nitrogens with zero attached hydrogens (tertiary/aromatic N) is 1. The van der Waals surface area contributed by atoms with E-state index in [-0.39, 0.29) is 31.3 Å². The van der Waals surface area contributed by atoms with Gasteiger partial charge in [0, 0.05) is 19.4 Å². The Bertz CT molecular complexity index is 1320. The molecule has 0 heterocycles. The third kappa shape index (κ3) is 19.6. The summed E-state index contributed by atoms with van der Waals surface area (Å²) in [6.07, 6.45) is -3.00. The maximum Gasteiger partial charge on any atom is 0.326 e. The first-order valence-corrected chi connectivity index (χ1v) is 16.0. The number of carboxylic acids is 4. The molecule has 0 saturated carbocycles. The van der Waals surface area contributed by atoms with Gasteiger partial charge in [0.05, 0.1) is 19.1 Å². The van der Waals surface area contributed by atoms with Crippen LogP contribution in [0.25, 0.3) is 0 Å². The second kappa shape index (κ2) is 23.8. The Morgan fingerprint density at radius 2 is 1.02 bits per heavy atom. The van der Waals surface area contributed by atoms with Crippen LogP contribution in [0.2, 0.25) is 0 Å². The lowest BCUT2D eigenvalue weighted by Gasteiger charge is -2.27. The molecule has 0 aromatic heterocycles. The highest BCUT2D eigenvalue weighted by Crippen LogP contribution is 2.09. The Hall–Kier alpha value is -5.58. The molecule has 16 N–H and O–H groups in total. The van der Waals surface area contributed by atoms with Crippen LogP contribution < -0.4 is 43.8 Å². The molecule has 5 amide bonds. The van der Waals surface area contributed by atoms with Crippen molar-refractivity contribution in [3.05, 3.63) is 0 Å². The van der Waals surface area contributed by atoms with Crippen molar-refractivity contribution in [3.8, 4) is 0 Å². The first-order chi connectivity index (χ1) is 24.2. The molecule has 23 heteroatoms. The standard InChI is InChI=1S/C29H49N9O14/c1-13(2)10-17(36-24(47)15(5-7-20(40)41)34-23(46)14(30)4-3-9-33-29(31)32)26(49)38-19(12-39)27(50)35-16(6-8-21(42)43)25(48)37-18(28(51)52)11-22(44)45/h13-19,39H,3-12,30H2,1-2H3,(H,34,46)(H,35,50)(H,36,47)(H,37,48)(H,38,49)(H,40,41)(H,42,43)(H,44,45)(H,51,52)(H4,31,32,33)/t14-,15-,16-,17-,18-,19-/m0/s1. The van der Waals surface area contributed by atoms with Crippen molar-refractivity contribution >= 4 is 59.4 Å². The third-order valence-electron chi connectivity index (χ3n) is 7.01. The number of nitrogens with two attached hydrogens (primary N) is 3. The minimum atomic E-state index is -1.95. The van der Waals surface area contributed by atoms with Crippen molar-refractivity contribution < 1.29 is 68.7 Å². The smallest absolute Gasteiger partial charge is 0.326 e. The fraction of sp³-hybridized carbons (Fsp3) is 0.655. The topological polar surface area (TPSA) is 405 Å². The summed E-state index contributed by atoms with van der Waals surface area (Å²) in [4.78, 5) is 114. The number of aliphatic hydroxyl groups is 1. The Morgan fingerprint density at radius 3 is 1.44 bits per heavy atom. The Morgan fingerprint density at radius 1 is 0.596 bits per heavy atom. The van der Waals surface area contributed by atoms with Gasteiger partial charge in [-0.05, 0) is 38.0 Å². The van der Waals surface area contributed by atoms with Crippen molar-refractivity contribution in [1.29, 1.82) is 0 Å². The van der Waals surface area contributed by atoms with E-state index in [1.807, 2.05) is 5.32 Å². The predicted molar refractivity (Wildman–Crippen MR) is 178 cm³/mol. The number of amides is 5. The Kier molecular flexibility index (Phi) is 21.2. The van der Waals surface area contributed by atoms with Crippen LogP contribution in [0.4, 0.5) is 0 Å². The van der Waals surface area contributed by atoms with Crippen LogP contribution in [0, 0.1) is 5.92 Å². The zero-order valence-corrected chi connectivity index (χ0v) is 28.7. The van der Waals surface area contributed by atoms with Gasteiger partial charge in [-0.1, -0.05) is 13.8 Å². The van der Waals surface area contributed by atoms with Gasteiger partial charge in [0.25, 0.3) is 0 Å². The molecule has 0 radical (unpaired) electrons. The summed E-state index contributed by atoms with van der Waals surface area (Å²) in [5.41, 5.74) is 16.4. The first kappa shape index (κ1) is 46.4. The lowest BCUT2D eigenvalue weighted by Crippen LogP contribution is -2.60. The number of hydrogen-bond acceptors (Lipinski definition) is 12. The summed E-state index contributed by atoms with van der Waals surface area (Å²) in [6, 6.07) is -9.55. The molecule has 0 aromatic rings. The van der Waals surface area contributed by atoms with Gasteiger partial charge in [0.15, 0.2) is 5.96 Å². The number of aliphatic imine (C=N–C) groups is 1. The van der Waals surface area contributed by atoms with E-state index in [1.54, 1.807) is 13.8 Å². The van der Waals surface area contributed by atoms with Crippen LogP contribution in [0.5, 0.6) is 0 Å². The molecule has 0 bridgehead atoms. The van der Waals surface area contributed by atoms with Crippen LogP contribution in [-0.2, 0) is 43.2 Å². The minimum absolute atomic E-state index is 0.0644. The average Bonchev–Trinajstić information content (AvgIpc) is 3.03. The first-order valence-electron chi connectivity index (χ1n) is 16.0. The van der Waals surface area contributed by atoms with Gasteiger partial charge in [-0.15, -0.1) is 0 Å². The summed E-state index contributed by atoms with van der Waals surface area (Å²) < 4.78 is 0. The molecule has 52 heavy (non-hydrogen) atoms. The normalized spacial score (nSPS) is 14.2. The van der Waals surface area contributed by atoms with Gasteiger partial charge in [-0.2, -0.15) is 0 Å². The molecule has 294 valence electrons. The molecule has 0 unspecified atom stereocenters. The van der Waals surface area contributed by atoms with E-state index in [2.05, 4.69) is 26.3 Å². The highest BCUT2D eigenvalue weighted by atomic mass is 16.4. The number of nitrogens with one attached hydrogen (secondary N) is 5. The van der Waals surface area contributed by atoms with Gasteiger partial charge in [-0.25, -0.2) is 4.79 Å². The van der Waals surface area contributed by atoms with E-state index in [0.29, 0.717) is 6.42 Å². The second-order valence-electron chi connectivity index (χ2n) is 12.0. The molecule has 0 aromatic carbocycles. The summed E-state index contributed by atoms with van der Waals surface area (Å²) in [5, 5.41) is 57.2. The van der Waals surface area contributed by atoms with Crippen molar-refractivity contribution in [2.24, 2.45) is 28.1 Å². The van der Waals surface area contributed by atoms with E-state index in [4.69, 9.17) is 27.4 Å². The van der Waals surface area contributed by atoms with Gasteiger partial charge >= 0.3 is 23.9 Å². The Labute approximate surface area is 297 Å². The highest BCUT2D eigenvalue weighted by molar-refractivity contribution is 5.97. The summed E-state index contributed by atoms with van der Waals surface area (Å²) in [5.74, 6) is -11.8. The molecule has 0 aliphatic heterocycles. The van der Waals surface area contributed by atoms with E-state index in [9.17, 15) is 58.5 Å². The van der Waals surface area contributed by atoms with Crippen LogP contribution in [0.3, 0.4) is 0 Å². The Balaban J connectivity index is 5.97. The van der Waals surface area contributed by atoms with Gasteiger partial charge < -0.3 is 69.3 Å². The second-order valence-corrected chi connectivity index (χ2v) is 12.0. The molecular weight excluding hydrogens is 698 g/mol. The number of carboxylic acid groups (broad SMARTS) is 4. The number of rotatable bonds is 26. The predicted octanol–water partition coefficient (Wildman–Crippen LogP) is -4.88. The van der Waals surface area contributed by atoms with Crippen molar-refractivity contribution in [2.75, 3.05) is 13.2 Å². The van der Waals surface area contributed by atoms with Crippen molar-refractivity contribution in [1.82, 2.24) is 26.6 Å². The highest BCUT2D eigenvalue weighted by Gasteiger charge is 2.33. The number of aliphatic hydroxyl groups excluding tert-OH is 1. The van der Waals surface area contributed by atoms with Crippen LogP contribution >= 0.6 is 0 Å². The summed E-state index contributed by atoms with van der Waals surface area (Å²) >= 11 is 0. The van der Waals surface area contributed by atoms with Crippen LogP contribution in [0.15, 0.2) is 4.99 Å². The lowest BCUT2D eigenvalue weighted by molar-refractivity contribution is -0.147. The fourth-order valence-electron chi connectivity index (χ4n) is 4.36. The largest absolute Gasteiger partial charge is 0.481 e. The third-order valence-corrected chi connectivity index (χ3v) is 7.01. The number of aliphatic carboxylic acids is 4. The summed E-state index contributed by atoms with van der Waals surface area (Å²) in [7, 11) is 0. The molecule has 23 nitrogen and oxygen atoms in total.